The van der Waals surface area contributed by atoms with Crippen molar-refractivity contribution >= 4 is 18.3 Å². The normalized spacial score (nSPS) is 17.0. The van der Waals surface area contributed by atoms with Crippen LogP contribution in [-0.2, 0) is 10.2 Å². The van der Waals surface area contributed by atoms with Gasteiger partial charge in [-0.15, -0.1) is 12.4 Å². The smallest absolute Gasteiger partial charge is 0.220 e. The van der Waals surface area contributed by atoms with E-state index in [1.807, 2.05) is 19.9 Å². The van der Waals surface area contributed by atoms with E-state index >= 15 is 0 Å². The second-order valence-electron chi connectivity index (χ2n) is 7.44. The number of carbonyl (C=O) groups is 1. The lowest BCUT2D eigenvalue weighted by Crippen LogP contribution is -2.38. The fourth-order valence-corrected chi connectivity index (χ4v) is 3.28. The molecule has 1 aliphatic heterocycles. The van der Waals surface area contributed by atoms with Crippen LogP contribution < -0.4 is 10.6 Å². The SMILES string of the molecule is CC(CC(=O)NCC(C)(C)c1cccc(F)c1)C1CCNCC1.Cl. The van der Waals surface area contributed by atoms with E-state index in [1.54, 1.807) is 12.1 Å². The average Bonchev–Trinajstić information content (AvgIpc) is 2.54. The van der Waals surface area contributed by atoms with Crippen molar-refractivity contribution in [1.82, 2.24) is 10.6 Å². The summed E-state index contributed by atoms with van der Waals surface area (Å²) < 4.78 is 13.4. The molecular weight excluding hydrogens is 327 g/mol. The minimum atomic E-state index is -0.282. The summed E-state index contributed by atoms with van der Waals surface area (Å²) >= 11 is 0. The first-order valence-corrected chi connectivity index (χ1v) is 8.62. The molecule has 0 spiro atoms. The first-order chi connectivity index (χ1) is 10.9. The first kappa shape index (κ1) is 20.9. The van der Waals surface area contributed by atoms with E-state index in [1.165, 1.54) is 6.07 Å². The predicted octanol–water partition coefficient (Wildman–Crippen LogP) is 3.67. The molecule has 1 heterocycles. The summed E-state index contributed by atoms with van der Waals surface area (Å²) in [7, 11) is 0. The van der Waals surface area contributed by atoms with Gasteiger partial charge in [-0.1, -0.05) is 32.9 Å². The van der Waals surface area contributed by atoms with Crippen LogP contribution in [-0.4, -0.2) is 25.5 Å². The van der Waals surface area contributed by atoms with E-state index in [2.05, 4.69) is 17.6 Å². The maximum Gasteiger partial charge on any atom is 0.220 e. The zero-order valence-electron chi connectivity index (χ0n) is 14.9. The highest BCUT2D eigenvalue weighted by molar-refractivity contribution is 5.85. The van der Waals surface area contributed by atoms with E-state index in [-0.39, 0.29) is 29.5 Å². The fourth-order valence-electron chi connectivity index (χ4n) is 3.28. The molecule has 1 fully saturated rings. The number of rotatable bonds is 6. The monoisotopic (exact) mass is 356 g/mol. The van der Waals surface area contributed by atoms with Crippen molar-refractivity contribution in [2.24, 2.45) is 11.8 Å². The Morgan fingerprint density at radius 1 is 1.38 bits per heavy atom. The lowest BCUT2D eigenvalue weighted by Gasteiger charge is -2.29. The molecule has 1 aliphatic rings. The fraction of sp³-hybridized carbons (Fsp3) is 0.632. The maximum atomic E-state index is 13.4. The summed E-state index contributed by atoms with van der Waals surface area (Å²) in [6.07, 6.45) is 2.89. The van der Waals surface area contributed by atoms with Gasteiger partial charge in [0, 0.05) is 18.4 Å². The lowest BCUT2D eigenvalue weighted by atomic mass is 9.83. The van der Waals surface area contributed by atoms with Crippen LogP contribution >= 0.6 is 12.4 Å². The zero-order chi connectivity index (χ0) is 16.9. The van der Waals surface area contributed by atoms with Crippen LogP contribution in [0.1, 0.15) is 45.6 Å². The highest BCUT2D eigenvalue weighted by atomic mass is 35.5. The van der Waals surface area contributed by atoms with E-state index in [0.29, 0.717) is 24.8 Å². The van der Waals surface area contributed by atoms with Crippen LogP contribution in [0.25, 0.3) is 0 Å². The van der Waals surface area contributed by atoms with Gasteiger partial charge < -0.3 is 10.6 Å². The van der Waals surface area contributed by atoms with Crippen molar-refractivity contribution in [1.29, 1.82) is 0 Å². The van der Waals surface area contributed by atoms with Crippen LogP contribution in [0.5, 0.6) is 0 Å². The van der Waals surface area contributed by atoms with Gasteiger partial charge >= 0.3 is 0 Å². The third kappa shape index (κ3) is 6.06. The number of benzene rings is 1. The molecule has 2 rings (SSSR count). The second kappa shape index (κ2) is 9.38. The molecular formula is C19H30ClFN2O. The largest absolute Gasteiger partial charge is 0.355 e. The molecule has 0 aliphatic carbocycles. The molecule has 0 saturated carbocycles. The van der Waals surface area contributed by atoms with Gasteiger partial charge in [0.15, 0.2) is 0 Å². The number of amides is 1. The molecule has 1 atom stereocenters. The van der Waals surface area contributed by atoms with Gasteiger partial charge in [-0.3, -0.25) is 4.79 Å². The third-order valence-corrected chi connectivity index (χ3v) is 5.03. The minimum Gasteiger partial charge on any atom is -0.355 e. The Morgan fingerprint density at radius 3 is 2.67 bits per heavy atom. The number of halogens is 2. The molecule has 1 saturated heterocycles. The Balaban J connectivity index is 0.00000288. The van der Waals surface area contributed by atoms with Gasteiger partial charge in [-0.25, -0.2) is 4.39 Å². The molecule has 3 nitrogen and oxygen atoms in total. The van der Waals surface area contributed by atoms with E-state index in [9.17, 15) is 9.18 Å². The highest BCUT2D eigenvalue weighted by Gasteiger charge is 2.24. The summed E-state index contributed by atoms with van der Waals surface area (Å²) in [5.41, 5.74) is 0.625. The topological polar surface area (TPSA) is 41.1 Å². The third-order valence-electron chi connectivity index (χ3n) is 5.03. The molecule has 1 aromatic rings. The number of piperidine rings is 1. The Morgan fingerprint density at radius 2 is 2.04 bits per heavy atom. The molecule has 1 amide bonds. The van der Waals surface area contributed by atoms with Gasteiger partial charge in [-0.05, 0) is 55.5 Å². The summed E-state index contributed by atoms with van der Waals surface area (Å²) in [5.74, 6) is 0.912. The van der Waals surface area contributed by atoms with E-state index < -0.39 is 0 Å². The Bertz CT molecular complexity index is 530. The van der Waals surface area contributed by atoms with Gasteiger partial charge in [-0.2, -0.15) is 0 Å². The van der Waals surface area contributed by atoms with Crippen LogP contribution in [0, 0.1) is 17.7 Å². The summed E-state index contributed by atoms with van der Waals surface area (Å²) in [6, 6.07) is 6.61. The molecule has 5 heteroatoms. The minimum absolute atomic E-state index is 0. The highest BCUT2D eigenvalue weighted by Crippen LogP contribution is 2.25. The van der Waals surface area contributed by atoms with Crippen LogP contribution in [0.15, 0.2) is 24.3 Å². The van der Waals surface area contributed by atoms with Crippen molar-refractivity contribution in [3.8, 4) is 0 Å². The number of carbonyl (C=O) groups excluding carboxylic acids is 1. The maximum absolute atomic E-state index is 13.4. The molecule has 136 valence electrons. The molecule has 0 bridgehead atoms. The van der Waals surface area contributed by atoms with Gasteiger partial charge in [0.05, 0.1) is 0 Å². The molecule has 0 radical (unpaired) electrons. The van der Waals surface area contributed by atoms with Gasteiger partial charge in [0.1, 0.15) is 5.82 Å². The zero-order valence-corrected chi connectivity index (χ0v) is 15.7. The summed E-state index contributed by atoms with van der Waals surface area (Å²) in [5, 5.41) is 6.39. The molecule has 2 N–H and O–H groups in total. The quantitative estimate of drug-likeness (QED) is 0.816. The Labute approximate surface area is 151 Å². The first-order valence-electron chi connectivity index (χ1n) is 8.62. The van der Waals surface area contributed by atoms with E-state index in [4.69, 9.17) is 0 Å². The Hall–Kier alpha value is -1.13. The standard InChI is InChI=1S/C19H29FN2O.ClH/c1-14(15-7-9-21-10-8-15)11-18(23)22-13-19(2,3)16-5-4-6-17(20)12-16;/h4-6,12,14-15,21H,7-11,13H2,1-3H3,(H,22,23);1H. The van der Waals surface area contributed by atoms with Crippen LogP contribution in [0.2, 0.25) is 0 Å². The lowest BCUT2D eigenvalue weighted by molar-refractivity contribution is -0.122. The molecule has 0 aromatic heterocycles. The predicted molar refractivity (Wildman–Crippen MR) is 99.1 cm³/mol. The van der Waals surface area contributed by atoms with Crippen LogP contribution in [0.4, 0.5) is 4.39 Å². The van der Waals surface area contributed by atoms with Gasteiger partial charge in [0.25, 0.3) is 0 Å². The van der Waals surface area contributed by atoms with Crippen molar-refractivity contribution in [2.45, 2.75) is 45.4 Å². The van der Waals surface area contributed by atoms with Crippen molar-refractivity contribution in [3.63, 3.8) is 0 Å². The number of hydrogen-bond donors (Lipinski definition) is 2. The summed E-state index contributed by atoms with van der Waals surface area (Å²) in [6.45, 7) is 8.87. The van der Waals surface area contributed by atoms with Crippen molar-refractivity contribution < 1.29 is 9.18 Å². The van der Waals surface area contributed by atoms with Crippen molar-refractivity contribution in [3.05, 3.63) is 35.6 Å². The number of nitrogens with one attached hydrogen (secondary N) is 2. The molecule has 1 aromatic carbocycles. The van der Waals surface area contributed by atoms with Gasteiger partial charge in [0.2, 0.25) is 5.91 Å². The van der Waals surface area contributed by atoms with E-state index in [0.717, 1.165) is 31.5 Å². The molecule has 24 heavy (non-hydrogen) atoms. The Kier molecular flexibility index (Phi) is 8.17. The second-order valence-corrected chi connectivity index (χ2v) is 7.44. The summed E-state index contributed by atoms with van der Waals surface area (Å²) in [4.78, 5) is 12.2. The number of hydrogen-bond acceptors (Lipinski definition) is 2. The average molecular weight is 357 g/mol. The van der Waals surface area contributed by atoms with Crippen molar-refractivity contribution in [2.75, 3.05) is 19.6 Å². The molecule has 1 unspecified atom stereocenters. The van der Waals surface area contributed by atoms with Crippen LogP contribution in [0.3, 0.4) is 0 Å².